The predicted molar refractivity (Wildman–Crippen MR) is 64.9 cm³/mol. The summed E-state index contributed by atoms with van der Waals surface area (Å²) >= 11 is 3.38. The van der Waals surface area contributed by atoms with E-state index in [1.165, 1.54) is 0 Å². The Morgan fingerprint density at radius 2 is 2.25 bits per heavy atom. The van der Waals surface area contributed by atoms with Crippen molar-refractivity contribution in [3.8, 4) is 5.75 Å². The van der Waals surface area contributed by atoms with E-state index < -0.39 is 6.09 Å². The molecule has 16 heavy (non-hydrogen) atoms. The molecule has 1 amide bonds. The van der Waals surface area contributed by atoms with E-state index in [1.807, 2.05) is 0 Å². The van der Waals surface area contributed by atoms with Gasteiger partial charge in [0.1, 0.15) is 5.75 Å². The Hall–Kier alpha value is -0.940. The standard InChI is InChI=1S/C10H10BrNO3.ClH/c11-8-2-1-6(13)5-7(8)9-3-4-15-10(14)12-9;/h1-2,5,9,13H,3-4H2,(H,12,14);1H/t9-;/m1./s1. The second-order valence-corrected chi connectivity index (χ2v) is 4.18. The molecule has 6 heteroatoms. The van der Waals surface area contributed by atoms with Gasteiger partial charge in [0.25, 0.3) is 0 Å². The molecular weight excluding hydrogens is 297 g/mol. The van der Waals surface area contributed by atoms with Gasteiger partial charge in [0.2, 0.25) is 0 Å². The van der Waals surface area contributed by atoms with Gasteiger partial charge in [-0.2, -0.15) is 0 Å². The third-order valence-electron chi connectivity index (χ3n) is 2.29. The van der Waals surface area contributed by atoms with Crippen molar-refractivity contribution in [1.29, 1.82) is 0 Å². The van der Waals surface area contributed by atoms with Crippen LogP contribution in [0.3, 0.4) is 0 Å². The number of phenols is 1. The van der Waals surface area contributed by atoms with Crippen LogP contribution in [0.25, 0.3) is 0 Å². The van der Waals surface area contributed by atoms with Crippen LogP contribution in [-0.4, -0.2) is 17.8 Å². The Labute approximate surface area is 108 Å². The fraction of sp³-hybridized carbons (Fsp3) is 0.300. The maximum Gasteiger partial charge on any atom is 0.407 e. The van der Waals surface area contributed by atoms with Crippen LogP contribution >= 0.6 is 28.3 Å². The Kier molecular flexibility index (Phi) is 4.44. The van der Waals surface area contributed by atoms with Crippen LogP contribution in [0.2, 0.25) is 0 Å². The second-order valence-electron chi connectivity index (χ2n) is 3.33. The molecule has 1 saturated heterocycles. The molecular formula is C10H11BrClNO3. The molecule has 1 fully saturated rings. The highest BCUT2D eigenvalue weighted by molar-refractivity contribution is 9.10. The van der Waals surface area contributed by atoms with Crippen LogP contribution in [0.1, 0.15) is 18.0 Å². The molecule has 0 aliphatic carbocycles. The normalized spacial score (nSPS) is 19.3. The first-order chi connectivity index (χ1) is 7.16. The lowest BCUT2D eigenvalue weighted by molar-refractivity contribution is 0.115. The number of hydrogen-bond donors (Lipinski definition) is 2. The molecule has 2 N–H and O–H groups in total. The van der Waals surface area contributed by atoms with Crippen molar-refractivity contribution in [3.63, 3.8) is 0 Å². The molecule has 2 rings (SSSR count). The van der Waals surface area contributed by atoms with E-state index in [-0.39, 0.29) is 24.2 Å². The minimum Gasteiger partial charge on any atom is -0.508 e. The summed E-state index contributed by atoms with van der Waals surface area (Å²) in [5.74, 6) is 0.189. The number of amides is 1. The average molecular weight is 309 g/mol. The molecule has 0 spiro atoms. The number of halogens is 2. The van der Waals surface area contributed by atoms with Gasteiger partial charge < -0.3 is 15.2 Å². The van der Waals surface area contributed by atoms with Crippen molar-refractivity contribution in [2.45, 2.75) is 12.5 Å². The molecule has 88 valence electrons. The molecule has 0 unspecified atom stereocenters. The number of phenolic OH excluding ortho intramolecular Hbond substituents is 1. The molecule has 0 radical (unpaired) electrons. The smallest absolute Gasteiger partial charge is 0.407 e. The summed E-state index contributed by atoms with van der Waals surface area (Å²) in [5.41, 5.74) is 0.867. The van der Waals surface area contributed by atoms with Crippen LogP contribution in [-0.2, 0) is 4.74 Å². The quantitative estimate of drug-likeness (QED) is 0.838. The van der Waals surface area contributed by atoms with Crippen LogP contribution < -0.4 is 5.32 Å². The van der Waals surface area contributed by atoms with Crippen LogP contribution in [0.5, 0.6) is 5.75 Å². The molecule has 1 aromatic rings. The van der Waals surface area contributed by atoms with E-state index in [4.69, 9.17) is 4.74 Å². The highest BCUT2D eigenvalue weighted by Gasteiger charge is 2.22. The molecule has 0 bridgehead atoms. The van der Waals surface area contributed by atoms with Gasteiger partial charge in [0.05, 0.1) is 12.6 Å². The van der Waals surface area contributed by atoms with Gasteiger partial charge in [-0.3, -0.25) is 0 Å². The predicted octanol–water partition coefficient (Wildman–Crippen LogP) is 2.75. The largest absolute Gasteiger partial charge is 0.508 e. The van der Waals surface area contributed by atoms with E-state index in [0.29, 0.717) is 13.0 Å². The Morgan fingerprint density at radius 3 is 2.94 bits per heavy atom. The minimum absolute atomic E-state index is 0. The first kappa shape index (κ1) is 13.1. The number of benzene rings is 1. The Balaban J connectivity index is 0.00000128. The zero-order valence-corrected chi connectivity index (χ0v) is 10.7. The van der Waals surface area contributed by atoms with Gasteiger partial charge in [-0.15, -0.1) is 12.4 Å². The van der Waals surface area contributed by atoms with Crippen molar-refractivity contribution in [1.82, 2.24) is 5.32 Å². The second kappa shape index (κ2) is 5.41. The Bertz CT molecular complexity index is 400. The van der Waals surface area contributed by atoms with E-state index in [0.717, 1.165) is 10.0 Å². The van der Waals surface area contributed by atoms with Crippen molar-refractivity contribution < 1.29 is 14.6 Å². The minimum atomic E-state index is -0.415. The van der Waals surface area contributed by atoms with Gasteiger partial charge in [-0.05, 0) is 23.8 Å². The third-order valence-corrected chi connectivity index (χ3v) is 3.01. The fourth-order valence-corrected chi connectivity index (χ4v) is 2.08. The summed E-state index contributed by atoms with van der Waals surface area (Å²) in [6.07, 6.45) is 0.287. The van der Waals surface area contributed by atoms with E-state index in [1.54, 1.807) is 18.2 Å². The number of hydrogen-bond acceptors (Lipinski definition) is 3. The SMILES string of the molecule is Cl.O=C1N[C@@H](c2cc(O)ccc2Br)CCO1. The topological polar surface area (TPSA) is 58.6 Å². The number of carbonyl (C=O) groups excluding carboxylic acids is 1. The lowest BCUT2D eigenvalue weighted by Crippen LogP contribution is -2.35. The number of aromatic hydroxyl groups is 1. The van der Waals surface area contributed by atoms with Crippen molar-refractivity contribution >= 4 is 34.4 Å². The van der Waals surface area contributed by atoms with Gasteiger partial charge in [-0.1, -0.05) is 15.9 Å². The number of ether oxygens (including phenoxy) is 1. The van der Waals surface area contributed by atoms with Gasteiger partial charge >= 0.3 is 6.09 Å². The zero-order chi connectivity index (χ0) is 10.8. The molecule has 0 aromatic heterocycles. The van der Waals surface area contributed by atoms with Gasteiger partial charge in [0.15, 0.2) is 0 Å². The molecule has 1 aliphatic rings. The molecule has 1 atom stereocenters. The number of cyclic esters (lactones) is 1. The summed E-state index contributed by atoms with van der Waals surface area (Å²) in [7, 11) is 0. The van der Waals surface area contributed by atoms with E-state index in [9.17, 15) is 9.90 Å². The average Bonchev–Trinajstić information content (AvgIpc) is 2.22. The highest BCUT2D eigenvalue weighted by Crippen LogP contribution is 2.30. The molecule has 0 saturated carbocycles. The third kappa shape index (κ3) is 2.80. The van der Waals surface area contributed by atoms with Crippen LogP contribution in [0.4, 0.5) is 4.79 Å². The monoisotopic (exact) mass is 307 g/mol. The first-order valence-electron chi connectivity index (χ1n) is 4.58. The summed E-state index contributed by atoms with van der Waals surface area (Å²) in [4.78, 5) is 11.0. The van der Waals surface area contributed by atoms with Crippen molar-refractivity contribution in [2.75, 3.05) is 6.61 Å². The maximum absolute atomic E-state index is 11.0. The number of nitrogens with one attached hydrogen (secondary N) is 1. The maximum atomic E-state index is 11.0. The van der Waals surface area contributed by atoms with Crippen LogP contribution in [0, 0.1) is 0 Å². The van der Waals surface area contributed by atoms with Crippen molar-refractivity contribution in [2.24, 2.45) is 0 Å². The zero-order valence-electron chi connectivity index (χ0n) is 8.27. The van der Waals surface area contributed by atoms with Crippen LogP contribution in [0.15, 0.2) is 22.7 Å². The lowest BCUT2D eigenvalue weighted by Gasteiger charge is -2.24. The summed E-state index contributed by atoms with van der Waals surface area (Å²) < 4.78 is 5.64. The number of alkyl carbamates (subject to hydrolysis) is 1. The lowest BCUT2D eigenvalue weighted by atomic mass is 10.0. The first-order valence-corrected chi connectivity index (χ1v) is 5.38. The summed E-state index contributed by atoms with van der Waals surface area (Å²) in [5, 5.41) is 12.1. The molecule has 1 aliphatic heterocycles. The highest BCUT2D eigenvalue weighted by atomic mass is 79.9. The van der Waals surface area contributed by atoms with Crippen molar-refractivity contribution in [3.05, 3.63) is 28.2 Å². The number of rotatable bonds is 1. The van der Waals surface area contributed by atoms with Gasteiger partial charge in [-0.25, -0.2) is 4.79 Å². The molecule has 4 nitrogen and oxygen atoms in total. The Morgan fingerprint density at radius 1 is 1.50 bits per heavy atom. The number of carbonyl (C=O) groups is 1. The molecule has 1 aromatic carbocycles. The van der Waals surface area contributed by atoms with E-state index in [2.05, 4.69) is 21.2 Å². The molecule has 1 heterocycles. The van der Waals surface area contributed by atoms with E-state index >= 15 is 0 Å². The summed E-state index contributed by atoms with van der Waals surface area (Å²) in [6.45, 7) is 0.401. The van der Waals surface area contributed by atoms with Gasteiger partial charge in [0, 0.05) is 10.9 Å². The fourth-order valence-electron chi connectivity index (χ4n) is 1.56. The summed E-state index contributed by atoms with van der Waals surface area (Å²) in [6, 6.07) is 4.88.